The highest BCUT2D eigenvalue weighted by Crippen LogP contribution is 2.04. The quantitative estimate of drug-likeness (QED) is 0.574. The van der Waals surface area contributed by atoms with Gasteiger partial charge in [0, 0.05) is 19.9 Å². The Morgan fingerprint density at radius 3 is 2.82 bits per heavy atom. The van der Waals surface area contributed by atoms with Crippen LogP contribution in [0.4, 0.5) is 5.82 Å². The van der Waals surface area contributed by atoms with Crippen molar-refractivity contribution < 1.29 is 14.3 Å². The zero-order chi connectivity index (χ0) is 12.7. The molecule has 0 spiro atoms. The number of aryl methyl sites for hydroxylation is 1. The van der Waals surface area contributed by atoms with Gasteiger partial charge in [0.1, 0.15) is 5.82 Å². The maximum absolute atomic E-state index is 11.4. The van der Waals surface area contributed by atoms with E-state index in [9.17, 15) is 9.59 Å². The first-order chi connectivity index (χ1) is 8.13. The molecular weight excluding hydrogens is 222 g/mol. The second kappa shape index (κ2) is 6.59. The molecule has 0 aliphatic carbocycles. The maximum Gasteiger partial charge on any atom is 0.314 e. The lowest BCUT2D eigenvalue weighted by Gasteiger charge is -2.05. The average Bonchev–Trinajstić information content (AvgIpc) is 2.29. The van der Waals surface area contributed by atoms with Crippen LogP contribution in [-0.4, -0.2) is 37.1 Å². The molecule has 0 aromatic carbocycles. The standard InChI is InChI=1S/C11H15N3O3/c1-8-3-4-12-9(7-8)14-11(16)10(15)13-5-6-17-2/h3-4,7H,5-6H2,1-2H3,(H,13,15)(H,12,14,16). The molecule has 17 heavy (non-hydrogen) atoms. The van der Waals surface area contributed by atoms with Gasteiger partial charge in [-0.3, -0.25) is 9.59 Å². The number of hydrogen-bond acceptors (Lipinski definition) is 4. The van der Waals surface area contributed by atoms with Crippen LogP contribution in [0.3, 0.4) is 0 Å². The van der Waals surface area contributed by atoms with Gasteiger partial charge in [0.15, 0.2) is 0 Å². The molecule has 0 aliphatic rings. The molecule has 2 amide bonds. The lowest BCUT2D eigenvalue weighted by atomic mass is 10.3. The van der Waals surface area contributed by atoms with Crippen LogP contribution < -0.4 is 10.6 Å². The summed E-state index contributed by atoms with van der Waals surface area (Å²) >= 11 is 0. The summed E-state index contributed by atoms with van der Waals surface area (Å²) in [4.78, 5) is 26.6. The highest BCUT2D eigenvalue weighted by molar-refractivity contribution is 6.39. The summed E-state index contributed by atoms with van der Waals surface area (Å²) < 4.78 is 4.75. The Hall–Kier alpha value is -1.95. The number of pyridine rings is 1. The summed E-state index contributed by atoms with van der Waals surface area (Å²) in [5, 5.41) is 4.82. The molecule has 1 heterocycles. The minimum atomic E-state index is -0.737. The van der Waals surface area contributed by atoms with Crippen molar-refractivity contribution >= 4 is 17.6 Å². The number of methoxy groups -OCH3 is 1. The maximum atomic E-state index is 11.4. The van der Waals surface area contributed by atoms with Crippen molar-refractivity contribution in [1.29, 1.82) is 0 Å². The number of carbonyl (C=O) groups is 2. The van der Waals surface area contributed by atoms with Crippen molar-refractivity contribution in [2.45, 2.75) is 6.92 Å². The highest BCUT2D eigenvalue weighted by Gasteiger charge is 2.13. The number of carbonyl (C=O) groups excluding carboxylic acids is 2. The molecule has 1 aromatic rings. The van der Waals surface area contributed by atoms with E-state index in [0.717, 1.165) is 5.56 Å². The third kappa shape index (κ3) is 4.60. The summed E-state index contributed by atoms with van der Waals surface area (Å²) in [6.07, 6.45) is 1.56. The Kier molecular flexibility index (Phi) is 5.09. The molecule has 0 bridgehead atoms. The average molecular weight is 237 g/mol. The predicted octanol–water partition coefficient (Wildman–Crippen LogP) is 0.0911. The normalized spacial score (nSPS) is 9.76. The minimum absolute atomic E-state index is 0.296. The fraction of sp³-hybridized carbons (Fsp3) is 0.364. The molecule has 6 heteroatoms. The molecule has 1 rings (SSSR count). The van der Waals surface area contributed by atoms with Crippen molar-refractivity contribution in [2.24, 2.45) is 0 Å². The van der Waals surface area contributed by atoms with Crippen LogP contribution >= 0.6 is 0 Å². The Morgan fingerprint density at radius 1 is 1.41 bits per heavy atom. The smallest absolute Gasteiger partial charge is 0.314 e. The number of amides is 2. The van der Waals surface area contributed by atoms with Gasteiger partial charge in [0.25, 0.3) is 0 Å². The molecule has 6 nitrogen and oxygen atoms in total. The van der Waals surface area contributed by atoms with Gasteiger partial charge in [-0.05, 0) is 24.6 Å². The second-order valence-corrected chi connectivity index (χ2v) is 3.42. The number of hydrogen-bond donors (Lipinski definition) is 2. The predicted molar refractivity (Wildman–Crippen MR) is 62.5 cm³/mol. The third-order valence-corrected chi connectivity index (χ3v) is 1.96. The van der Waals surface area contributed by atoms with Gasteiger partial charge in [0.2, 0.25) is 0 Å². The van der Waals surface area contributed by atoms with Gasteiger partial charge in [-0.25, -0.2) is 4.98 Å². The molecule has 0 saturated carbocycles. The monoisotopic (exact) mass is 237 g/mol. The molecule has 2 N–H and O–H groups in total. The molecule has 0 aliphatic heterocycles. The fourth-order valence-corrected chi connectivity index (χ4v) is 1.12. The second-order valence-electron chi connectivity index (χ2n) is 3.42. The summed E-state index contributed by atoms with van der Waals surface area (Å²) in [5.74, 6) is -1.08. The molecule has 92 valence electrons. The van der Waals surface area contributed by atoms with Crippen molar-refractivity contribution in [3.63, 3.8) is 0 Å². The minimum Gasteiger partial charge on any atom is -0.383 e. The van der Waals surface area contributed by atoms with Crippen LogP contribution in [0.2, 0.25) is 0 Å². The van der Waals surface area contributed by atoms with Gasteiger partial charge in [0.05, 0.1) is 6.61 Å². The van der Waals surface area contributed by atoms with E-state index in [1.807, 2.05) is 6.92 Å². The molecule has 1 aromatic heterocycles. The summed E-state index contributed by atoms with van der Waals surface area (Å²) in [5.41, 5.74) is 0.954. The van der Waals surface area contributed by atoms with E-state index in [0.29, 0.717) is 19.0 Å². The number of nitrogens with one attached hydrogen (secondary N) is 2. The third-order valence-electron chi connectivity index (χ3n) is 1.96. The summed E-state index contributed by atoms with van der Waals surface area (Å²) in [6.45, 7) is 2.53. The molecule has 0 radical (unpaired) electrons. The van der Waals surface area contributed by atoms with Crippen molar-refractivity contribution in [2.75, 3.05) is 25.6 Å². The SMILES string of the molecule is COCCNC(=O)C(=O)Nc1cc(C)ccn1. The van der Waals surface area contributed by atoms with Crippen molar-refractivity contribution in [3.8, 4) is 0 Å². The Morgan fingerprint density at radius 2 is 2.18 bits per heavy atom. The van der Waals surface area contributed by atoms with Crippen LogP contribution in [0.15, 0.2) is 18.3 Å². The van der Waals surface area contributed by atoms with Crippen molar-refractivity contribution in [1.82, 2.24) is 10.3 Å². The number of nitrogens with zero attached hydrogens (tertiary/aromatic N) is 1. The molecule has 0 unspecified atom stereocenters. The lowest BCUT2D eigenvalue weighted by molar-refractivity contribution is -0.136. The Bertz CT molecular complexity index is 407. The molecular formula is C11H15N3O3. The number of rotatable bonds is 4. The van der Waals surface area contributed by atoms with Crippen molar-refractivity contribution in [3.05, 3.63) is 23.9 Å². The zero-order valence-corrected chi connectivity index (χ0v) is 9.82. The molecule has 0 saturated heterocycles. The first-order valence-electron chi connectivity index (χ1n) is 5.14. The van der Waals surface area contributed by atoms with E-state index in [1.54, 1.807) is 18.3 Å². The van der Waals surface area contributed by atoms with E-state index < -0.39 is 11.8 Å². The Labute approximate surface area is 99.4 Å². The van der Waals surface area contributed by atoms with Gasteiger partial charge in [-0.2, -0.15) is 0 Å². The topological polar surface area (TPSA) is 80.3 Å². The van der Waals surface area contributed by atoms with Crippen LogP contribution in [-0.2, 0) is 14.3 Å². The van der Waals surface area contributed by atoms with Crippen LogP contribution in [0.1, 0.15) is 5.56 Å². The van der Waals surface area contributed by atoms with E-state index in [4.69, 9.17) is 4.74 Å². The molecule has 0 fully saturated rings. The lowest BCUT2D eigenvalue weighted by Crippen LogP contribution is -2.37. The van der Waals surface area contributed by atoms with Gasteiger partial charge in [-0.1, -0.05) is 0 Å². The highest BCUT2D eigenvalue weighted by atomic mass is 16.5. The van der Waals surface area contributed by atoms with E-state index >= 15 is 0 Å². The summed E-state index contributed by atoms with van der Waals surface area (Å²) in [6, 6.07) is 3.48. The largest absolute Gasteiger partial charge is 0.383 e. The van der Waals surface area contributed by atoms with Crippen LogP contribution in [0.5, 0.6) is 0 Å². The van der Waals surface area contributed by atoms with E-state index in [1.165, 1.54) is 7.11 Å². The van der Waals surface area contributed by atoms with E-state index in [-0.39, 0.29) is 0 Å². The fourth-order valence-electron chi connectivity index (χ4n) is 1.12. The summed E-state index contributed by atoms with van der Waals surface area (Å²) in [7, 11) is 1.52. The number of ether oxygens (including phenoxy) is 1. The van der Waals surface area contributed by atoms with Gasteiger partial charge in [-0.15, -0.1) is 0 Å². The van der Waals surface area contributed by atoms with Gasteiger partial charge < -0.3 is 15.4 Å². The first kappa shape index (κ1) is 13.1. The van der Waals surface area contributed by atoms with Gasteiger partial charge >= 0.3 is 11.8 Å². The number of anilines is 1. The Balaban J connectivity index is 2.46. The molecule has 0 atom stereocenters. The van der Waals surface area contributed by atoms with Crippen LogP contribution in [0, 0.1) is 6.92 Å². The van der Waals surface area contributed by atoms with E-state index in [2.05, 4.69) is 15.6 Å². The zero-order valence-electron chi connectivity index (χ0n) is 9.82. The first-order valence-corrected chi connectivity index (χ1v) is 5.14. The number of aromatic nitrogens is 1. The van der Waals surface area contributed by atoms with Crippen LogP contribution in [0.25, 0.3) is 0 Å².